The Morgan fingerprint density at radius 1 is 0.950 bits per heavy atom. The van der Waals surface area contributed by atoms with Crippen molar-refractivity contribution in [2.45, 2.75) is 6.04 Å². The molecule has 0 saturated carbocycles. The van der Waals surface area contributed by atoms with Gasteiger partial charge in [0.25, 0.3) is 0 Å². The first kappa shape index (κ1) is 13.3. The van der Waals surface area contributed by atoms with Gasteiger partial charge in [-0.2, -0.15) is 0 Å². The Hall–Kier alpha value is -1.71. The van der Waals surface area contributed by atoms with Gasteiger partial charge in [-0.1, -0.05) is 58.4 Å². The average Bonchev–Trinajstić information content (AvgIpc) is 2.50. The highest BCUT2D eigenvalue weighted by atomic mass is 79.9. The second kappa shape index (κ2) is 5.73. The molecule has 0 saturated heterocycles. The smallest absolute Gasteiger partial charge is 0.0753 e. The van der Waals surface area contributed by atoms with Crippen molar-refractivity contribution < 1.29 is 0 Å². The molecule has 1 aromatic heterocycles. The molecule has 1 unspecified atom stereocenters. The molecule has 0 radical (unpaired) electrons. The van der Waals surface area contributed by atoms with Gasteiger partial charge in [-0.05, 0) is 30.3 Å². The first-order valence-corrected chi connectivity index (χ1v) is 7.36. The number of para-hydroxylation sites is 1. The van der Waals surface area contributed by atoms with E-state index < -0.39 is 0 Å². The molecule has 2 nitrogen and oxygen atoms in total. The van der Waals surface area contributed by atoms with Crippen LogP contribution in [0, 0.1) is 0 Å². The van der Waals surface area contributed by atoms with E-state index in [0.717, 1.165) is 15.4 Å². The summed E-state index contributed by atoms with van der Waals surface area (Å²) in [4.78, 5) is 4.55. The highest BCUT2D eigenvalue weighted by Crippen LogP contribution is 2.31. The van der Waals surface area contributed by atoms with Crippen LogP contribution in [0.4, 0.5) is 0 Å². The molecule has 1 N–H and O–H groups in total. The molecule has 1 atom stereocenters. The van der Waals surface area contributed by atoms with Crippen LogP contribution < -0.4 is 5.32 Å². The van der Waals surface area contributed by atoms with E-state index in [1.54, 1.807) is 0 Å². The summed E-state index contributed by atoms with van der Waals surface area (Å²) in [6.07, 6.45) is 1.85. The van der Waals surface area contributed by atoms with E-state index in [-0.39, 0.29) is 6.04 Å². The molecule has 2 aromatic carbocycles. The zero-order chi connectivity index (χ0) is 13.9. The van der Waals surface area contributed by atoms with Gasteiger partial charge in [0.05, 0.1) is 11.6 Å². The fourth-order valence-corrected chi connectivity index (χ4v) is 3.06. The van der Waals surface area contributed by atoms with Crippen LogP contribution in [0.5, 0.6) is 0 Å². The van der Waals surface area contributed by atoms with Crippen LogP contribution in [-0.2, 0) is 0 Å². The molecule has 3 rings (SSSR count). The van der Waals surface area contributed by atoms with E-state index in [9.17, 15) is 0 Å². The third kappa shape index (κ3) is 2.35. The molecule has 3 heteroatoms. The van der Waals surface area contributed by atoms with Gasteiger partial charge in [-0.15, -0.1) is 0 Å². The van der Waals surface area contributed by atoms with Crippen molar-refractivity contribution in [3.63, 3.8) is 0 Å². The van der Waals surface area contributed by atoms with Crippen molar-refractivity contribution in [3.05, 3.63) is 76.4 Å². The second-order valence-electron chi connectivity index (χ2n) is 4.67. The Balaban J connectivity index is 2.20. The van der Waals surface area contributed by atoms with Crippen molar-refractivity contribution in [3.8, 4) is 0 Å². The molecular weight excluding hydrogens is 312 g/mol. The summed E-state index contributed by atoms with van der Waals surface area (Å²) < 4.78 is 1.10. The van der Waals surface area contributed by atoms with Crippen molar-refractivity contribution in [2.24, 2.45) is 0 Å². The van der Waals surface area contributed by atoms with Crippen molar-refractivity contribution in [1.29, 1.82) is 0 Å². The fourth-order valence-electron chi connectivity index (χ4n) is 2.55. The topological polar surface area (TPSA) is 24.9 Å². The molecule has 0 aliphatic rings. The van der Waals surface area contributed by atoms with E-state index in [2.05, 4.69) is 68.7 Å². The highest BCUT2D eigenvalue weighted by Gasteiger charge is 2.17. The van der Waals surface area contributed by atoms with Gasteiger partial charge in [0.2, 0.25) is 0 Å². The predicted molar refractivity (Wildman–Crippen MR) is 86.8 cm³/mol. The summed E-state index contributed by atoms with van der Waals surface area (Å²) in [6, 6.07) is 18.8. The summed E-state index contributed by atoms with van der Waals surface area (Å²) in [7, 11) is 1.98. The zero-order valence-electron chi connectivity index (χ0n) is 11.2. The van der Waals surface area contributed by atoms with E-state index in [4.69, 9.17) is 0 Å². The normalized spacial score (nSPS) is 12.5. The van der Waals surface area contributed by atoms with Gasteiger partial charge >= 0.3 is 0 Å². The van der Waals surface area contributed by atoms with Gasteiger partial charge in [0, 0.05) is 16.1 Å². The standard InChI is InChI=1S/C17H15BrN2/c1-19-17(13-8-2-3-10-15(13)18)14-9-4-6-12-7-5-11-20-16(12)14/h2-11,17,19H,1H3. The Morgan fingerprint density at radius 2 is 1.70 bits per heavy atom. The molecule has 0 bridgehead atoms. The maximum absolute atomic E-state index is 4.55. The van der Waals surface area contributed by atoms with Crippen molar-refractivity contribution in [2.75, 3.05) is 7.05 Å². The number of pyridine rings is 1. The molecule has 0 aliphatic carbocycles. The van der Waals surface area contributed by atoms with Crippen molar-refractivity contribution in [1.82, 2.24) is 10.3 Å². The van der Waals surface area contributed by atoms with Crippen LogP contribution in [0.1, 0.15) is 17.2 Å². The van der Waals surface area contributed by atoms with E-state index in [1.807, 2.05) is 25.4 Å². The van der Waals surface area contributed by atoms with E-state index >= 15 is 0 Å². The van der Waals surface area contributed by atoms with Crippen LogP contribution in [0.3, 0.4) is 0 Å². The maximum Gasteiger partial charge on any atom is 0.0753 e. The monoisotopic (exact) mass is 326 g/mol. The Labute approximate surface area is 127 Å². The summed E-state index contributed by atoms with van der Waals surface area (Å²) >= 11 is 3.64. The van der Waals surface area contributed by atoms with Crippen LogP contribution in [0.2, 0.25) is 0 Å². The van der Waals surface area contributed by atoms with E-state index in [0.29, 0.717) is 0 Å². The molecule has 3 aromatic rings. The molecular formula is C17H15BrN2. The Kier molecular flexibility index (Phi) is 3.81. The Bertz CT molecular complexity index is 734. The predicted octanol–water partition coefficient (Wildman–Crippen LogP) is 4.31. The maximum atomic E-state index is 4.55. The lowest BCUT2D eigenvalue weighted by atomic mass is 9.96. The van der Waals surface area contributed by atoms with E-state index in [1.165, 1.54) is 11.1 Å². The number of halogens is 1. The minimum absolute atomic E-state index is 0.115. The third-order valence-electron chi connectivity index (χ3n) is 3.48. The number of rotatable bonds is 3. The fraction of sp³-hybridized carbons (Fsp3) is 0.118. The molecule has 20 heavy (non-hydrogen) atoms. The van der Waals surface area contributed by atoms with Gasteiger partial charge in [-0.3, -0.25) is 4.98 Å². The van der Waals surface area contributed by atoms with Crippen LogP contribution in [-0.4, -0.2) is 12.0 Å². The van der Waals surface area contributed by atoms with Gasteiger partial charge in [0.15, 0.2) is 0 Å². The molecule has 100 valence electrons. The highest BCUT2D eigenvalue weighted by molar-refractivity contribution is 9.10. The average molecular weight is 327 g/mol. The SMILES string of the molecule is CNC(c1ccccc1Br)c1cccc2cccnc12. The summed E-state index contributed by atoms with van der Waals surface area (Å²) in [6.45, 7) is 0. The lowest BCUT2D eigenvalue weighted by molar-refractivity contribution is 0.692. The van der Waals surface area contributed by atoms with Crippen LogP contribution in [0.15, 0.2) is 65.3 Å². The first-order chi connectivity index (χ1) is 9.81. The van der Waals surface area contributed by atoms with Crippen LogP contribution in [0.25, 0.3) is 10.9 Å². The lowest BCUT2D eigenvalue weighted by Gasteiger charge is -2.20. The minimum Gasteiger partial charge on any atom is -0.309 e. The Morgan fingerprint density at radius 3 is 2.50 bits per heavy atom. The number of nitrogens with one attached hydrogen (secondary N) is 1. The van der Waals surface area contributed by atoms with Crippen molar-refractivity contribution >= 4 is 26.8 Å². The number of nitrogens with zero attached hydrogens (tertiary/aromatic N) is 1. The third-order valence-corrected chi connectivity index (χ3v) is 4.20. The molecule has 0 amide bonds. The number of fused-ring (bicyclic) bond motifs is 1. The number of aromatic nitrogens is 1. The summed E-state index contributed by atoms with van der Waals surface area (Å²) in [5.74, 6) is 0. The quantitative estimate of drug-likeness (QED) is 0.775. The molecule has 0 aliphatic heterocycles. The first-order valence-electron chi connectivity index (χ1n) is 6.56. The number of hydrogen-bond donors (Lipinski definition) is 1. The van der Waals surface area contributed by atoms with Gasteiger partial charge in [0.1, 0.15) is 0 Å². The largest absolute Gasteiger partial charge is 0.309 e. The van der Waals surface area contributed by atoms with Gasteiger partial charge < -0.3 is 5.32 Å². The number of hydrogen-bond acceptors (Lipinski definition) is 2. The molecule has 1 heterocycles. The summed E-state index contributed by atoms with van der Waals surface area (Å²) in [5.41, 5.74) is 3.45. The molecule has 0 fully saturated rings. The second-order valence-corrected chi connectivity index (χ2v) is 5.52. The van der Waals surface area contributed by atoms with Gasteiger partial charge in [-0.25, -0.2) is 0 Å². The minimum atomic E-state index is 0.115. The zero-order valence-corrected chi connectivity index (χ0v) is 12.8. The lowest BCUT2D eigenvalue weighted by Crippen LogP contribution is -2.18. The number of benzene rings is 2. The van der Waals surface area contributed by atoms with Crippen LogP contribution >= 0.6 is 15.9 Å². The summed E-state index contributed by atoms with van der Waals surface area (Å²) in [5, 5.41) is 4.56. The molecule has 0 spiro atoms.